The lowest BCUT2D eigenvalue weighted by atomic mass is 10.1. The van der Waals surface area contributed by atoms with E-state index in [2.05, 4.69) is 4.98 Å². The van der Waals surface area contributed by atoms with Crippen molar-refractivity contribution in [2.75, 3.05) is 6.61 Å². The zero-order valence-electron chi connectivity index (χ0n) is 16.0. The van der Waals surface area contributed by atoms with Gasteiger partial charge in [0.1, 0.15) is 29.2 Å². The van der Waals surface area contributed by atoms with Gasteiger partial charge in [-0.3, -0.25) is 18.6 Å². The molecule has 1 unspecified atom stereocenters. The summed E-state index contributed by atoms with van der Waals surface area (Å²) in [4.78, 5) is 14.4. The van der Waals surface area contributed by atoms with Gasteiger partial charge in [0.2, 0.25) is 0 Å². The van der Waals surface area contributed by atoms with Crippen molar-refractivity contribution in [3.8, 4) is 5.75 Å². The van der Waals surface area contributed by atoms with Gasteiger partial charge < -0.3 is 24.6 Å². The van der Waals surface area contributed by atoms with Crippen molar-refractivity contribution in [1.82, 2.24) is 9.55 Å². The lowest BCUT2D eigenvalue weighted by Gasteiger charge is -2.28. The number of nitrogens with one attached hydrogen (secondary N) is 1. The Morgan fingerprint density at radius 1 is 1.44 bits per heavy atom. The number of hydrogen-bond acceptors (Lipinski definition) is 10. The summed E-state index contributed by atoms with van der Waals surface area (Å²) >= 11 is 10.8. The third kappa shape index (κ3) is 4.28. The Kier molecular flexibility index (Phi) is 6.31. The molecule has 0 aliphatic carbocycles. The van der Waals surface area contributed by atoms with Gasteiger partial charge in [-0.15, -0.1) is 0 Å². The number of alkyl halides is 1. The Balaban J connectivity index is 1.52. The van der Waals surface area contributed by atoms with E-state index in [-0.39, 0.29) is 22.6 Å². The summed E-state index contributed by atoms with van der Waals surface area (Å²) in [5.74, 6) is -2.93. The fourth-order valence-corrected chi connectivity index (χ4v) is 4.83. The molecule has 3 heterocycles. The van der Waals surface area contributed by atoms with E-state index in [4.69, 9.17) is 42.1 Å². The van der Waals surface area contributed by atoms with Gasteiger partial charge >= 0.3 is 13.5 Å². The van der Waals surface area contributed by atoms with E-state index in [1.54, 1.807) is 0 Å². The number of aliphatic hydroxyl groups is 3. The number of hydrogen-bond donors (Lipinski definition) is 4. The highest BCUT2D eigenvalue weighted by molar-refractivity contribution is 7.71. The highest BCUT2D eigenvalue weighted by Gasteiger charge is 2.57. The van der Waals surface area contributed by atoms with E-state index in [9.17, 15) is 24.7 Å². The molecular formula is C17H17ClFN2O9PS. The van der Waals surface area contributed by atoms with Crippen LogP contribution < -0.4 is 10.2 Å². The average molecular weight is 511 g/mol. The molecule has 1 aromatic heterocycles. The molecule has 0 bridgehead atoms. The third-order valence-electron chi connectivity index (χ3n) is 4.89. The van der Waals surface area contributed by atoms with Crippen LogP contribution >= 0.6 is 31.6 Å². The predicted molar refractivity (Wildman–Crippen MR) is 108 cm³/mol. The normalized spacial score (nSPS) is 31.8. The first-order valence-corrected chi connectivity index (χ1v) is 11.3. The second-order valence-electron chi connectivity index (χ2n) is 7.05. The number of rotatable bonds is 5. The van der Waals surface area contributed by atoms with Gasteiger partial charge in [0, 0.05) is 22.3 Å². The van der Waals surface area contributed by atoms with Gasteiger partial charge in [-0.1, -0.05) is 23.8 Å². The quantitative estimate of drug-likeness (QED) is 0.345. The minimum atomic E-state index is -4.30. The summed E-state index contributed by atoms with van der Waals surface area (Å²) in [7, 11) is -4.30. The highest BCUT2D eigenvalue weighted by Crippen LogP contribution is 2.56. The Morgan fingerprint density at radius 2 is 2.19 bits per heavy atom. The molecule has 0 radical (unpaired) electrons. The largest absolute Gasteiger partial charge is 0.530 e. The summed E-state index contributed by atoms with van der Waals surface area (Å²) in [5.41, 5.74) is -0.281. The number of phosphoric acid groups is 1. The fourth-order valence-electron chi connectivity index (χ4n) is 3.20. The zero-order chi connectivity index (χ0) is 23.3. The molecule has 1 saturated heterocycles. The van der Waals surface area contributed by atoms with Crippen molar-refractivity contribution in [1.29, 1.82) is 0 Å². The van der Waals surface area contributed by atoms with Crippen molar-refractivity contribution in [3.05, 3.63) is 55.7 Å². The van der Waals surface area contributed by atoms with Crippen molar-refractivity contribution in [3.63, 3.8) is 0 Å². The molecule has 0 amide bonds. The van der Waals surface area contributed by atoms with Crippen LogP contribution in [0.5, 0.6) is 5.75 Å². The predicted octanol–water partition coefficient (Wildman–Crippen LogP) is 1.70. The molecule has 5 atom stereocenters. The Morgan fingerprint density at radius 3 is 2.91 bits per heavy atom. The van der Waals surface area contributed by atoms with E-state index in [0.717, 1.165) is 10.8 Å². The molecule has 15 heteroatoms. The number of H-pyrrole nitrogens is 1. The van der Waals surface area contributed by atoms with Gasteiger partial charge in [0.25, 0.3) is 5.85 Å². The Bertz CT molecular complexity index is 1210. The van der Waals surface area contributed by atoms with Crippen LogP contribution in [0.1, 0.15) is 17.4 Å². The van der Waals surface area contributed by atoms with Crippen LogP contribution in [0.25, 0.3) is 0 Å². The van der Waals surface area contributed by atoms with E-state index >= 15 is 4.39 Å². The molecule has 174 valence electrons. The highest BCUT2D eigenvalue weighted by atomic mass is 35.5. The van der Waals surface area contributed by atoms with Gasteiger partial charge in [-0.05, 0) is 18.2 Å². The van der Waals surface area contributed by atoms with E-state index < -0.39 is 51.0 Å². The fraction of sp³-hybridized carbons (Fsp3) is 0.412. The van der Waals surface area contributed by atoms with Crippen molar-refractivity contribution in [2.24, 2.45) is 0 Å². The molecular weight excluding hydrogens is 494 g/mol. The molecule has 0 spiro atoms. The first-order valence-electron chi connectivity index (χ1n) is 9.10. The molecule has 1 aromatic carbocycles. The molecule has 0 saturated carbocycles. The number of halogens is 2. The van der Waals surface area contributed by atoms with Crippen LogP contribution in [-0.4, -0.2) is 49.5 Å². The number of phosphoric ester groups is 1. The lowest BCUT2D eigenvalue weighted by molar-refractivity contribution is -0.205. The molecule has 4 rings (SSSR count). The van der Waals surface area contributed by atoms with Crippen LogP contribution in [0.3, 0.4) is 0 Å². The molecule has 1 fully saturated rings. The maximum absolute atomic E-state index is 15.4. The third-order valence-corrected chi connectivity index (χ3v) is 6.80. The van der Waals surface area contributed by atoms with E-state index in [1.807, 2.05) is 0 Å². The van der Waals surface area contributed by atoms with Gasteiger partial charge in [0.05, 0.1) is 13.2 Å². The van der Waals surface area contributed by atoms with Crippen LogP contribution in [0.2, 0.25) is 5.02 Å². The molecule has 11 nitrogen and oxygen atoms in total. The van der Waals surface area contributed by atoms with E-state index in [1.165, 1.54) is 18.2 Å². The first-order chi connectivity index (χ1) is 15.0. The molecule has 2 aliphatic rings. The number of aliphatic hydroxyl groups excluding tert-OH is 3. The zero-order valence-corrected chi connectivity index (χ0v) is 18.5. The summed E-state index contributed by atoms with van der Waals surface area (Å²) in [6, 6.07) is 4.46. The second-order valence-corrected chi connectivity index (χ2v) is 9.48. The number of nitrogens with zero attached hydrogens (tertiary/aromatic N) is 1. The van der Waals surface area contributed by atoms with Gasteiger partial charge in [0.15, 0.2) is 6.23 Å². The maximum atomic E-state index is 15.4. The van der Waals surface area contributed by atoms with Crippen LogP contribution in [0, 0.1) is 4.64 Å². The van der Waals surface area contributed by atoms with Crippen molar-refractivity contribution in [2.45, 2.75) is 37.5 Å². The first kappa shape index (κ1) is 23.5. The van der Waals surface area contributed by atoms with Crippen molar-refractivity contribution < 1.29 is 42.6 Å². The summed E-state index contributed by atoms with van der Waals surface area (Å²) in [5, 5.41) is 30.2. The Hall–Kier alpha value is -1.67. The van der Waals surface area contributed by atoms with E-state index in [0.29, 0.717) is 10.6 Å². The summed E-state index contributed by atoms with van der Waals surface area (Å²) < 4.78 is 49.1. The summed E-state index contributed by atoms with van der Waals surface area (Å²) in [6.07, 6.45) is -4.76. The topological polar surface area (TPSA) is 152 Å². The van der Waals surface area contributed by atoms with Crippen LogP contribution in [-0.2, 0) is 31.6 Å². The number of aromatic amines is 1. The number of ether oxygens (including phenoxy) is 1. The number of benzene rings is 1. The number of aromatic nitrogens is 2. The monoisotopic (exact) mass is 510 g/mol. The lowest BCUT2D eigenvalue weighted by Crippen LogP contribution is -2.43. The SMILES string of the molecule is O=c1[nH]c(=S)c(CO)cn1[C@@H]1O[C@](F)(COP2(=O)OCc3cc(Cl)ccc3O2)[C@@H](O)[C@H]1O. The van der Waals surface area contributed by atoms with Crippen molar-refractivity contribution >= 4 is 31.6 Å². The smallest absolute Gasteiger partial charge is 0.404 e. The molecule has 2 aromatic rings. The molecule has 32 heavy (non-hydrogen) atoms. The minimum absolute atomic E-state index is 0.0529. The van der Waals surface area contributed by atoms with Crippen LogP contribution in [0.15, 0.2) is 29.2 Å². The molecule has 2 aliphatic heterocycles. The second kappa shape index (κ2) is 8.60. The average Bonchev–Trinajstić information content (AvgIpc) is 2.97. The van der Waals surface area contributed by atoms with Gasteiger partial charge in [-0.2, -0.15) is 0 Å². The minimum Gasteiger partial charge on any atom is -0.404 e. The Labute approximate surface area is 189 Å². The molecule has 4 N–H and O–H groups in total. The van der Waals surface area contributed by atoms with Gasteiger partial charge in [-0.25, -0.2) is 13.8 Å². The van der Waals surface area contributed by atoms with Crippen LogP contribution in [0.4, 0.5) is 4.39 Å². The number of fused-ring (bicyclic) bond motifs is 1. The summed E-state index contributed by atoms with van der Waals surface area (Å²) in [6.45, 7) is -1.90. The standard InChI is InChI=1S/C17H17ClFN2O9PS/c18-10-1-2-11-8(3-10)6-27-31(26,30-11)28-7-17(19)13(24)12(23)15(29-17)21-4-9(5-22)14(32)20-16(21)25/h1-4,12-13,15,22-24H,5-7H2,(H,20,25,32)/t12-,13+,15-,17-,31?/m1/s1. The maximum Gasteiger partial charge on any atom is 0.530 e.